The van der Waals surface area contributed by atoms with E-state index in [2.05, 4.69) is 181 Å². The minimum Gasteiger partial charge on any atom is -0.492 e. The van der Waals surface area contributed by atoms with Gasteiger partial charge in [-0.25, -0.2) is 0 Å². The Balaban J connectivity index is 1.33. The average molecular weight is 1260 g/mol. The SMILES string of the molecule is CCCCCCOc1cc2c(cc1C#Cc1ccc(-c3ccc(I)s3)s1)c1cc(C#Cc3ccc(-c4ccc(I)s4)s3)c(OCCCCCC)cc1c1cc(OCCCCCC)c(OCCCCCC)cc21. The molecule has 8 aromatic rings. The van der Waals surface area contributed by atoms with Gasteiger partial charge in [0, 0.05) is 19.5 Å². The summed E-state index contributed by atoms with van der Waals surface area (Å²) in [4.78, 5) is 7.06. The zero-order valence-corrected chi connectivity index (χ0v) is 49.8. The molecule has 0 unspecified atom stereocenters. The molecule has 0 N–H and O–H groups in total. The fourth-order valence-electron chi connectivity index (χ4n) is 8.79. The minimum absolute atomic E-state index is 0.628. The Morgan fingerprint density at radius 3 is 0.972 bits per heavy atom. The molecule has 0 spiro atoms. The topological polar surface area (TPSA) is 36.9 Å². The average Bonchev–Trinajstić information content (AvgIpc) is 4.24. The molecule has 4 aromatic heterocycles. The van der Waals surface area contributed by atoms with Gasteiger partial charge in [-0.2, -0.15) is 0 Å². The molecular formula is C62H66I2O4S4. The summed E-state index contributed by atoms with van der Waals surface area (Å²) in [7, 11) is 0. The molecule has 0 fully saturated rings. The summed E-state index contributed by atoms with van der Waals surface area (Å²) < 4.78 is 29.6. The largest absolute Gasteiger partial charge is 0.492 e. The highest BCUT2D eigenvalue weighted by Gasteiger charge is 2.20. The first-order valence-electron chi connectivity index (χ1n) is 26.2. The first kappa shape index (κ1) is 54.5. The molecule has 0 atom stereocenters. The fraction of sp³-hybridized carbons (Fsp3) is 0.387. The molecule has 0 amide bonds. The van der Waals surface area contributed by atoms with Crippen LogP contribution in [0.2, 0.25) is 0 Å². The van der Waals surface area contributed by atoms with Crippen molar-refractivity contribution in [1.29, 1.82) is 0 Å². The van der Waals surface area contributed by atoms with Gasteiger partial charge in [0.25, 0.3) is 0 Å². The summed E-state index contributed by atoms with van der Waals surface area (Å²) in [5.74, 6) is 17.6. The quantitative estimate of drug-likeness (QED) is 0.0234. The number of unbranched alkanes of at least 4 members (excludes halogenated alkanes) is 12. The molecule has 10 heteroatoms. The number of ether oxygens (including phenoxy) is 4. The highest BCUT2D eigenvalue weighted by Crippen LogP contribution is 2.45. The van der Waals surface area contributed by atoms with Crippen LogP contribution in [0.25, 0.3) is 51.8 Å². The number of rotatable bonds is 26. The van der Waals surface area contributed by atoms with E-state index in [-0.39, 0.29) is 0 Å². The van der Waals surface area contributed by atoms with E-state index >= 15 is 0 Å². The molecule has 72 heavy (non-hydrogen) atoms. The van der Waals surface area contributed by atoms with Crippen molar-refractivity contribution >= 4 is 123 Å². The van der Waals surface area contributed by atoms with Crippen molar-refractivity contribution in [1.82, 2.24) is 0 Å². The molecule has 0 saturated carbocycles. The van der Waals surface area contributed by atoms with Crippen molar-refractivity contribution in [3.8, 4) is 66.2 Å². The van der Waals surface area contributed by atoms with Crippen molar-refractivity contribution in [3.05, 3.63) is 112 Å². The lowest BCUT2D eigenvalue weighted by Crippen LogP contribution is -2.04. The van der Waals surface area contributed by atoms with Gasteiger partial charge < -0.3 is 18.9 Å². The maximum atomic E-state index is 6.80. The Hall–Kier alpha value is -3.76. The zero-order chi connectivity index (χ0) is 50.1. The molecule has 4 heterocycles. The first-order chi connectivity index (χ1) is 35.3. The lowest BCUT2D eigenvalue weighted by atomic mass is 9.91. The molecule has 4 aromatic carbocycles. The highest BCUT2D eigenvalue weighted by molar-refractivity contribution is 14.1. The summed E-state index contributed by atoms with van der Waals surface area (Å²) in [6.45, 7) is 11.5. The Kier molecular flexibility index (Phi) is 21.4. The van der Waals surface area contributed by atoms with Gasteiger partial charge in [-0.05, 0) is 188 Å². The van der Waals surface area contributed by atoms with Gasteiger partial charge >= 0.3 is 0 Å². The number of thiophene rings is 4. The van der Waals surface area contributed by atoms with Crippen LogP contribution in [0.3, 0.4) is 0 Å². The number of halogens is 2. The maximum Gasteiger partial charge on any atom is 0.161 e. The molecule has 8 rings (SSSR count). The van der Waals surface area contributed by atoms with Gasteiger partial charge in [-0.15, -0.1) is 45.3 Å². The predicted molar refractivity (Wildman–Crippen MR) is 330 cm³/mol. The van der Waals surface area contributed by atoms with Gasteiger partial charge in [0.2, 0.25) is 0 Å². The van der Waals surface area contributed by atoms with Crippen LogP contribution in [-0.2, 0) is 0 Å². The third-order valence-corrected chi connectivity index (χ3v) is 18.9. The van der Waals surface area contributed by atoms with Crippen molar-refractivity contribution < 1.29 is 18.9 Å². The van der Waals surface area contributed by atoms with Crippen molar-refractivity contribution in [2.24, 2.45) is 0 Å². The highest BCUT2D eigenvalue weighted by atomic mass is 127. The van der Waals surface area contributed by atoms with Crippen molar-refractivity contribution in [2.45, 2.75) is 130 Å². The standard InChI is InChI=1S/C62H66I2O4S4/c1-5-9-13-17-33-65-53-39-49-47(37-43(53)21-23-45-25-27-57(69-45)59-29-31-61(63)71-59)48-38-44(22-24-46-26-28-58(70-46)60-30-32-62(64)72-60)54(66-34-18-14-10-6-2)40-50(48)52-42-56(68-36-20-16-12-8-4)55(41-51(49)52)67-35-19-15-11-7-3/h25-32,37-42H,5-20,33-36H2,1-4H3. The van der Waals surface area contributed by atoms with Crippen LogP contribution in [0.1, 0.15) is 151 Å². The second-order valence-electron chi connectivity index (χ2n) is 18.3. The summed E-state index contributed by atoms with van der Waals surface area (Å²) >= 11 is 11.9. The fourth-order valence-corrected chi connectivity index (χ4v) is 13.9. The van der Waals surface area contributed by atoms with E-state index in [9.17, 15) is 0 Å². The molecule has 0 aliphatic rings. The Bertz CT molecular complexity index is 2960. The Morgan fingerprint density at radius 1 is 0.333 bits per heavy atom. The maximum absolute atomic E-state index is 6.80. The summed E-state index contributed by atoms with van der Waals surface area (Å²) in [6.07, 6.45) is 18.0. The van der Waals surface area contributed by atoms with Crippen LogP contribution in [0, 0.1) is 29.4 Å². The number of benzene rings is 4. The second kappa shape index (κ2) is 28.2. The molecule has 0 aliphatic carbocycles. The normalized spacial score (nSPS) is 11.2. The van der Waals surface area contributed by atoms with Crippen LogP contribution in [0.4, 0.5) is 0 Å². The lowest BCUT2D eigenvalue weighted by molar-refractivity contribution is 0.259. The van der Waals surface area contributed by atoms with Crippen LogP contribution in [0.15, 0.2) is 84.9 Å². The first-order valence-corrected chi connectivity index (χ1v) is 31.6. The van der Waals surface area contributed by atoms with Crippen LogP contribution < -0.4 is 18.9 Å². The van der Waals surface area contributed by atoms with Crippen LogP contribution >= 0.6 is 90.5 Å². The van der Waals surface area contributed by atoms with E-state index in [4.69, 9.17) is 18.9 Å². The third kappa shape index (κ3) is 14.8. The molecular weight excluding hydrogens is 1190 g/mol. The monoisotopic (exact) mass is 1260 g/mol. The summed E-state index contributed by atoms with van der Waals surface area (Å²) in [5, 5.41) is 6.53. The van der Waals surface area contributed by atoms with Crippen molar-refractivity contribution in [3.63, 3.8) is 0 Å². The van der Waals surface area contributed by atoms with E-state index < -0.39 is 0 Å². The predicted octanol–water partition coefficient (Wildman–Crippen LogP) is 20.6. The van der Waals surface area contributed by atoms with E-state index in [0.717, 1.165) is 128 Å². The second-order valence-corrected chi connectivity index (χ2v) is 26.4. The van der Waals surface area contributed by atoms with Gasteiger partial charge in [-0.1, -0.05) is 128 Å². The smallest absolute Gasteiger partial charge is 0.161 e. The number of hydrogen-bond donors (Lipinski definition) is 0. The number of fused-ring (bicyclic) bond motifs is 6. The number of hydrogen-bond acceptors (Lipinski definition) is 8. The summed E-state index contributed by atoms with van der Waals surface area (Å²) in [5.41, 5.74) is 1.74. The van der Waals surface area contributed by atoms with Crippen molar-refractivity contribution in [2.75, 3.05) is 26.4 Å². The lowest BCUT2D eigenvalue weighted by Gasteiger charge is -2.19. The molecule has 4 nitrogen and oxygen atoms in total. The molecule has 0 radical (unpaired) electrons. The molecule has 376 valence electrons. The van der Waals surface area contributed by atoms with Crippen LogP contribution in [0.5, 0.6) is 23.0 Å². The van der Waals surface area contributed by atoms with E-state index in [1.165, 1.54) is 76.6 Å². The molecule has 0 saturated heterocycles. The Labute approximate surface area is 471 Å². The van der Waals surface area contributed by atoms with Gasteiger partial charge in [0.15, 0.2) is 11.5 Å². The zero-order valence-electron chi connectivity index (χ0n) is 42.2. The minimum atomic E-state index is 0.628. The van der Waals surface area contributed by atoms with E-state index in [1.807, 2.05) is 22.7 Å². The third-order valence-electron chi connectivity index (χ3n) is 12.7. The van der Waals surface area contributed by atoms with Gasteiger partial charge in [0.1, 0.15) is 11.5 Å². The van der Waals surface area contributed by atoms with Crippen LogP contribution in [-0.4, -0.2) is 26.4 Å². The van der Waals surface area contributed by atoms with E-state index in [0.29, 0.717) is 26.4 Å². The van der Waals surface area contributed by atoms with Gasteiger partial charge in [-0.3, -0.25) is 0 Å². The molecule has 0 aliphatic heterocycles. The Morgan fingerprint density at radius 2 is 0.639 bits per heavy atom. The molecule has 0 bridgehead atoms. The summed E-state index contributed by atoms with van der Waals surface area (Å²) in [6, 6.07) is 30.9. The van der Waals surface area contributed by atoms with Gasteiger partial charge in [0.05, 0.1) is 53.1 Å². The van der Waals surface area contributed by atoms with E-state index in [1.54, 1.807) is 22.7 Å².